The standard InChI is InChI=1S/C19H22N2O/c1-21(19(22)16-11-12-20-13-16)14-17-9-5-6-10-18(17)15-7-3-2-4-8-15/h2-10,16,20H,11-14H2,1H3. The number of hydrogen-bond acceptors (Lipinski definition) is 2. The van der Waals surface area contributed by atoms with Crippen molar-refractivity contribution in [3.63, 3.8) is 0 Å². The fourth-order valence-corrected chi connectivity index (χ4v) is 3.07. The number of carbonyl (C=O) groups is 1. The molecule has 1 aliphatic heterocycles. The third kappa shape index (κ3) is 3.20. The van der Waals surface area contributed by atoms with Crippen LogP contribution in [-0.4, -0.2) is 30.9 Å². The monoisotopic (exact) mass is 294 g/mol. The van der Waals surface area contributed by atoms with E-state index in [4.69, 9.17) is 0 Å². The second-order valence-electron chi connectivity index (χ2n) is 5.91. The lowest BCUT2D eigenvalue weighted by atomic mass is 9.99. The quantitative estimate of drug-likeness (QED) is 0.940. The van der Waals surface area contributed by atoms with Crippen LogP contribution in [0.3, 0.4) is 0 Å². The Labute approximate surface area is 132 Å². The SMILES string of the molecule is CN(Cc1ccccc1-c1ccccc1)C(=O)C1CCNC1. The normalized spacial score (nSPS) is 17.4. The van der Waals surface area contributed by atoms with E-state index in [2.05, 4.69) is 35.6 Å². The zero-order chi connectivity index (χ0) is 15.4. The van der Waals surface area contributed by atoms with Gasteiger partial charge < -0.3 is 10.2 Å². The molecule has 3 heteroatoms. The van der Waals surface area contributed by atoms with E-state index in [9.17, 15) is 4.79 Å². The summed E-state index contributed by atoms with van der Waals surface area (Å²) in [4.78, 5) is 14.3. The molecule has 114 valence electrons. The molecule has 2 aromatic rings. The number of nitrogens with zero attached hydrogens (tertiary/aromatic N) is 1. The Morgan fingerprint density at radius 3 is 2.59 bits per heavy atom. The first-order chi connectivity index (χ1) is 10.8. The molecule has 0 aliphatic carbocycles. The van der Waals surface area contributed by atoms with Gasteiger partial charge in [0.1, 0.15) is 0 Å². The fraction of sp³-hybridized carbons (Fsp3) is 0.316. The van der Waals surface area contributed by atoms with Gasteiger partial charge in [-0.1, -0.05) is 54.6 Å². The lowest BCUT2D eigenvalue weighted by Gasteiger charge is -2.22. The highest BCUT2D eigenvalue weighted by Gasteiger charge is 2.25. The minimum Gasteiger partial charge on any atom is -0.341 e. The molecular weight excluding hydrogens is 272 g/mol. The molecule has 0 radical (unpaired) electrons. The first-order valence-corrected chi connectivity index (χ1v) is 7.85. The van der Waals surface area contributed by atoms with E-state index in [1.54, 1.807) is 0 Å². The summed E-state index contributed by atoms with van der Waals surface area (Å²) < 4.78 is 0. The van der Waals surface area contributed by atoms with Crippen molar-refractivity contribution in [2.45, 2.75) is 13.0 Å². The molecule has 3 nitrogen and oxygen atoms in total. The molecule has 1 unspecified atom stereocenters. The predicted molar refractivity (Wildman–Crippen MR) is 89.3 cm³/mol. The second-order valence-corrected chi connectivity index (χ2v) is 5.91. The lowest BCUT2D eigenvalue weighted by molar-refractivity contribution is -0.134. The summed E-state index contributed by atoms with van der Waals surface area (Å²) in [6.07, 6.45) is 0.948. The van der Waals surface area contributed by atoms with E-state index >= 15 is 0 Å². The van der Waals surface area contributed by atoms with Crippen LogP contribution in [0.25, 0.3) is 11.1 Å². The van der Waals surface area contributed by atoms with Crippen molar-refractivity contribution in [2.24, 2.45) is 5.92 Å². The van der Waals surface area contributed by atoms with Gasteiger partial charge in [-0.15, -0.1) is 0 Å². The summed E-state index contributed by atoms with van der Waals surface area (Å²) in [5, 5.41) is 3.26. The molecule has 3 rings (SSSR count). The molecule has 0 spiro atoms. The number of amides is 1. The average Bonchev–Trinajstić information content (AvgIpc) is 3.10. The second kappa shape index (κ2) is 6.75. The van der Waals surface area contributed by atoms with Gasteiger partial charge in [0.15, 0.2) is 0 Å². The van der Waals surface area contributed by atoms with Crippen LogP contribution in [0.1, 0.15) is 12.0 Å². The lowest BCUT2D eigenvalue weighted by Crippen LogP contribution is -2.33. The summed E-state index contributed by atoms with van der Waals surface area (Å²) in [5.41, 5.74) is 3.59. The van der Waals surface area contributed by atoms with Crippen LogP contribution < -0.4 is 5.32 Å². The largest absolute Gasteiger partial charge is 0.341 e. The van der Waals surface area contributed by atoms with Crippen molar-refractivity contribution in [1.29, 1.82) is 0 Å². The van der Waals surface area contributed by atoms with Crippen LogP contribution in [0, 0.1) is 5.92 Å². The highest BCUT2D eigenvalue weighted by Crippen LogP contribution is 2.25. The maximum absolute atomic E-state index is 12.5. The Balaban J connectivity index is 1.79. The van der Waals surface area contributed by atoms with Crippen LogP contribution in [0.15, 0.2) is 54.6 Å². The van der Waals surface area contributed by atoms with E-state index in [-0.39, 0.29) is 11.8 Å². The minimum absolute atomic E-state index is 0.133. The maximum atomic E-state index is 12.5. The number of carbonyl (C=O) groups excluding carboxylic acids is 1. The third-order valence-corrected chi connectivity index (χ3v) is 4.30. The summed E-state index contributed by atoms with van der Waals surface area (Å²) >= 11 is 0. The first-order valence-electron chi connectivity index (χ1n) is 7.85. The van der Waals surface area contributed by atoms with Crippen LogP contribution in [0.2, 0.25) is 0 Å². The first kappa shape index (κ1) is 14.8. The van der Waals surface area contributed by atoms with E-state index in [1.807, 2.05) is 36.2 Å². The molecule has 1 saturated heterocycles. The molecule has 1 fully saturated rings. The maximum Gasteiger partial charge on any atom is 0.227 e. The van der Waals surface area contributed by atoms with Gasteiger partial charge in [-0.05, 0) is 29.7 Å². The van der Waals surface area contributed by atoms with Crippen LogP contribution in [-0.2, 0) is 11.3 Å². The van der Waals surface area contributed by atoms with Crippen molar-refractivity contribution < 1.29 is 4.79 Å². The van der Waals surface area contributed by atoms with E-state index in [0.29, 0.717) is 6.54 Å². The highest BCUT2D eigenvalue weighted by molar-refractivity contribution is 5.79. The van der Waals surface area contributed by atoms with Gasteiger partial charge in [0, 0.05) is 20.1 Å². The Kier molecular flexibility index (Phi) is 4.54. The van der Waals surface area contributed by atoms with Crippen molar-refractivity contribution in [2.75, 3.05) is 20.1 Å². The minimum atomic E-state index is 0.133. The van der Waals surface area contributed by atoms with E-state index in [1.165, 1.54) is 16.7 Å². The zero-order valence-electron chi connectivity index (χ0n) is 13.0. The van der Waals surface area contributed by atoms with Gasteiger partial charge in [0.05, 0.1) is 5.92 Å². The van der Waals surface area contributed by atoms with Gasteiger partial charge >= 0.3 is 0 Å². The number of benzene rings is 2. The summed E-state index contributed by atoms with van der Waals surface area (Å²) in [6.45, 7) is 2.41. The molecule has 1 N–H and O–H groups in total. The molecule has 1 heterocycles. The Morgan fingerprint density at radius 1 is 1.14 bits per heavy atom. The Morgan fingerprint density at radius 2 is 1.86 bits per heavy atom. The Hall–Kier alpha value is -2.13. The molecule has 2 aromatic carbocycles. The topological polar surface area (TPSA) is 32.3 Å². The van der Waals surface area contributed by atoms with Gasteiger partial charge in [-0.3, -0.25) is 4.79 Å². The van der Waals surface area contributed by atoms with Crippen molar-refractivity contribution in [3.8, 4) is 11.1 Å². The summed E-state index contributed by atoms with van der Waals surface area (Å²) in [5.74, 6) is 0.377. The molecular formula is C19H22N2O. The Bertz CT molecular complexity index is 633. The smallest absolute Gasteiger partial charge is 0.227 e. The molecule has 0 aromatic heterocycles. The number of rotatable bonds is 4. The van der Waals surface area contributed by atoms with E-state index in [0.717, 1.165) is 19.5 Å². The predicted octanol–water partition coefficient (Wildman–Crippen LogP) is 2.92. The molecule has 1 amide bonds. The van der Waals surface area contributed by atoms with Crippen LogP contribution >= 0.6 is 0 Å². The zero-order valence-corrected chi connectivity index (χ0v) is 13.0. The van der Waals surface area contributed by atoms with Crippen molar-refractivity contribution in [1.82, 2.24) is 10.2 Å². The molecule has 22 heavy (non-hydrogen) atoms. The average molecular weight is 294 g/mol. The molecule has 0 bridgehead atoms. The van der Waals surface area contributed by atoms with Gasteiger partial charge in [0.25, 0.3) is 0 Å². The van der Waals surface area contributed by atoms with Crippen LogP contribution in [0.5, 0.6) is 0 Å². The van der Waals surface area contributed by atoms with Crippen LogP contribution in [0.4, 0.5) is 0 Å². The summed E-state index contributed by atoms with van der Waals surface area (Å²) in [6, 6.07) is 18.7. The van der Waals surface area contributed by atoms with Gasteiger partial charge in [0.2, 0.25) is 5.91 Å². The fourth-order valence-electron chi connectivity index (χ4n) is 3.07. The van der Waals surface area contributed by atoms with Gasteiger partial charge in [-0.25, -0.2) is 0 Å². The van der Waals surface area contributed by atoms with Crippen molar-refractivity contribution >= 4 is 5.91 Å². The van der Waals surface area contributed by atoms with Gasteiger partial charge in [-0.2, -0.15) is 0 Å². The third-order valence-electron chi connectivity index (χ3n) is 4.30. The van der Waals surface area contributed by atoms with Crippen molar-refractivity contribution in [3.05, 3.63) is 60.2 Å². The number of hydrogen-bond donors (Lipinski definition) is 1. The highest BCUT2D eigenvalue weighted by atomic mass is 16.2. The molecule has 0 saturated carbocycles. The summed E-state index contributed by atoms with van der Waals surface area (Å²) in [7, 11) is 1.91. The number of nitrogens with one attached hydrogen (secondary N) is 1. The van der Waals surface area contributed by atoms with E-state index < -0.39 is 0 Å². The molecule has 1 aliphatic rings. The molecule has 1 atom stereocenters.